The fraction of sp³-hybridized carbons (Fsp3) is 0.909. The van der Waals surface area contributed by atoms with E-state index < -0.39 is 10.2 Å². The molecule has 0 bridgehead atoms. The van der Waals surface area contributed by atoms with Gasteiger partial charge in [-0.15, -0.1) is 0 Å². The molecule has 0 aliphatic carbocycles. The Morgan fingerprint density at radius 1 is 1.33 bits per heavy atom. The van der Waals surface area contributed by atoms with Gasteiger partial charge >= 0.3 is 5.97 Å². The second kappa shape index (κ2) is 7.06. The summed E-state index contributed by atoms with van der Waals surface area (Å²) in [5.41, 5.74) is 0. The lowest BCUT2D eigenvalue weighted by atomic mass is 9.98. The van der Waals surface area contributed by atoms with Gasteiger partial charge in [-0.05, 0) is 26.2 Å². The summed E-state index contributed by atoms with van der Waals surface area (Å²) in [5.74, 6) is -0.376. The molecule has 0 aromatic carbocycles. The Bertz CT molecular complexity index is 361. The van der Waals surface area contributed by atoms with E-state index in [0.717, 1.165) is 6.42 Å². The Morgan fingerprint density at radius 2 is 1.94 bits per heavy atom. The van der Waals surface area contributed by atoms with Gasteiger partial charge in [0.25, 0.3) is 10.2 Å². The van der Waals surface area contributed by atoms with Crippen LogP contribution in [0.1, 0.15) is 33.1 Å². The number of carbonyl (C=O) groups is 1. The average molecular weight is 278 g/mol. The molecule has 1 heterocycles. The Balaban J connectivity index is 2.46. The van der Waals surface area contributed by atoms with Gasteiger partial charge in [0.1, 0.15) is 0 Å². The molecule has 1 fully saturated rings. The van der Waals surface area contributed by atoms with E-state index in [9.17, 15) is 13.2 Å². The summed E-state index contributed by atoms with van der Waals surface area (Å²) in [6, 6.07) is 0. The third-order valence-corrected chi connectivity index (χ3v) is 4.56. The van der Waals surface area contributed by atoms with Crippen LogP contribution in [0.5, 0.6) is 0 Å². The van der Waals surface area contributed by atoms with Gasteiger partial charge in [-0.3, -0.25) is 4.79 Å². The first-order chi connectivity index (χ1) is 8.51. The van der Waals surface area contributed by atoms with Crippen LogP contribution in [0.2, 0.25) is 0 Å². The van der Waals surface area contributed by atoms with Gasteiger partial charge < -0.3 is 4.74 Å². The lowest BCUT2D eigenvalue weighted by Crippen LogP contribution is -2.46. The number of ether oxygens (including phenoxy) is 1. The Hall–Kier alpha value is -0.660. The summed E-state index contributed by atoms with van der Waals surface area (Å²) in [6.07, 6.45) is 1.83. The molecular formula is C11H22N2O4S. The normalized spacial score (nSPS) is 18.8. The van der Waals surface area contributed by atoms with Crippen molar-refractivity contribution in [2.45, 2.75) is 33.1 Å². The molecule has 0 aromatic heterocycles. The Labute approximate surface area is 109 Å². The van der Waals surface area contributed by atoms with Crippen molar-refractivity contribution in [2.75, 3.05) is 26.2 Å². The van der Waals surface area contributed by atoms with E-state index in [1.807, 2.05) is 6.92 Å². The summed E-state index contributed by atoms with van der Waals surface area (Å²) in [4.78, 5) is 11.5. The van der Waals surface area contributed by atoms with E-state index in [-0.39, 0.29) is 11.9 Å². The molecule has 18 heavy (non-hydrogen) atoms. The predicted molar refractivity (Wildman–Crippen MR) is 68.1 cm³/mol. The van der Waals surface area contributed by atoms with Gasteiger partial charge in [-0.2, -0.15) is 12.7 Å². The van der Waals surface area contributed by atoms with Crippen LogP contribution < -0.4 is 4.72 Å². The fourth-order valence-electron chi connectivity index (χ4n) is 1.91. The largest absolute Gasteiger partial charge is 0.466 e. The first kappa shape index (κ1) is 15.4. The maximum Gasteiger partial charge on any atom is 0.309 e. The standard InChI is InChI=1S/C11H22N2O4S/c1-3-7-12-18(15,16)13-8-5-10(6-9-13)11(14)17-4-2/h10,12H,3-9H2,1-2H3. The second-order valence-corrected chi connectivity index (χ2v) is 6.08. The SMILES string of the molecule is CCCNS(=O)(=O)N1CCC(C(=O)OCC)CC1. The van der Waals surface area contributed by atoms with Crippen LogP contribution in [0, 0.1) is 5.92 Å². The van der Waals surface area contributed by atoms with E-state index >= 15 is 0 Å². The third-order valence-electron chi connectivity index (χ3n) is 2.95. The van der Waals surface area contributed by atoms with E-state index in [0.29, 0.717) is 39.1 Å². The highest BCUT2D eigenvalue weighted by atomic mass is 32.2. The van der Waals surface area contributed by atoms with E-state index in [2.05, 4.69) is 4.72 Å². The molecule has 106 valence electrons. The molecule has 0 atom stereocenters. The van der Waals surface area contributed by atoms with Crippen molar-refractivity contribution in [1.29, 1.82) is 0 Å². The molecule has 0 unspecified atom stereocenters. The molecule has 0 aromatic rings. The average Bonchev–Trinajstić information content (AvgIpc) is 2.37. The predicted octanol–water partition coefficient (Wildman–Crippen LogP) is 0.506. The van der Waals surface area contributed by atoms with Gasteiger partial charge in [0, 0.05) is 19.6 Å². The summed E-state index contributed by atoms with van der Waals surface area (Å²) in [7, 11) is -3.38. The van der Waals surface area contributed by atoms with Crippen LogP contribution in [-0.2, 0) is 19.7 Å². The molecular weight excluding hydrogens is 256 g/mol. The summed E-state index contributed by atoms with van der Waals surface area (Å²) in [6.45, 7) is 5.25. The lowest BCUT2D eigenvalue weighted by molar-refractivity contribution is -0.149. The molecule has 1 saturated heterocycles. The lowest BCUT2D eigenvalue weighted by Gasteiger charge is -2.29. The number of nitrogens with zero attached hydrogens (tertiary/aromatic N) is 1. The highest BCUT2D eigenvalue weighted by Crippen LogP contribution is 2.20. The third kappa shape index (κ3) is 4.22. The molecule has 0 radical (unpaired) electrons. The zero-order valence-electron chi connectivity index (χ0n) is 11.0. The smallest absolute Gasteiger partial charge is 0.309 e. The van der Waals surface area contributed by atoms with Crippen LogP contribution in [0.15, 0.2) is 0 Å². The number of esters is 1. The molecule has 1 rings (SSSR count). The first-order valence-electron chi connectivity index (χ1n) is 6.42. The summed E-state index contributed by atoms with van der Waals surface area (Å²) >= 11 is 0. The second-order valence-electron chi connectivity index (χ2n) is 4.32. The van der Waals surface area contributed by atoms with Gasteiger partial charge in [-0.25, -0.2) is 4.72 Å². The van der Waals surface area contributed by atoms with Crippen molar-refractivity contribution in [3.05, 3.63) is 0 Å². The van der Waals surface area contributed by atoms with Gasteiger partial charge in [0.2, 0.25) is 0 Å². The van der Waals surface area contributed by atoms with Crippen molar-refractivity contribution in [3.63, 3.8) is 0 Å². The van der Waals surface area contributed by atoms with Crippen LogP contribution >= 0.6 is 0 Å². The molecule has 6 nitrogen and oxygen atoms in total. The molecule has 1 N–H and O–H groups in total. The molecule has 0 spiro atoms. The number of hydrogen-bond acceptors (Lipinski definition) is 4. The fourth-order valence-corrected chi connectivity index (χ4v) is 3.25. The van der Waals surface area contributed by atoms with E-state index in [4.69, 9.17) is 4.74 Å². The first-order valence-corrected chi connectivity index (χ1v) is 7.86. The monoisotopic (exact) mass is 278 g/mol. The molecule has 1 aliphatic rings. The van der Waals surface area contributed by atoms with Crippen molar-refractivity contribution < 1.29 is 17.9 Å². The van der Waals surface area contributed by atoms with E-state index in [1.165, 1.54) is 4.31 Å². The molecule has 0 amide bonds. The Morgan fingerprint density at radius 3 is 2.44 bits per heavy atom. The minimum atomic E-state index is -3.38. The summed E-state index contributed by atoms with van der Waals surface area (Å²) < 4.78 is 32.6. The van der Waals surface area contributed by atoms with Crippen LogP contribution in [0.25, 0.3) is 0 Å². The summed E-state index contributed by atoms with van der Waals surface area (Å²) in [5, 5.41) is 0. The minimum absolute atomic E-state index is 0.164. The molecule has 7 heteroatoms. The van der Waals surface area contributed by atoms with E-state index in [1.54, 1.807) is 6.92 Å². The van der Waals surface area contributed by atoms with Crippen molar-refractivity contribution >= 4 is 16.2 Å². The van der Waals surface area contributed by atoms with Gasteiger partial charge in [0.05, 0.1) is 12.5 Å². The maximum atomic E-state index is 11.8. The van der Waals surface area contributed by atoms with Crippen molar-refractivity contribution in [1.82, 2.24) is 9.03 Å². The van der Waals surface area contributed by atoms with Gasteiger partial charge in [-0.1, -0.05) is 6.92 Å². The quantitative estimate of drug-likeness (QED) is 0.718. The maximum absolute atomic E-state index is 11.8. The number of carbonyl (C=O) groups excluding carboxylic acids is 1. The topological polar surface area (TPSA) is 75.7 Å². The zero-order valence-corrected chi connectivity index (χ0v) is 11.8. The number of nitrogens with one attached hydrogen (secondary N) is 1. The van der Waals surface area contributed by atoms with Crippen LogP contribution in [0.4, 0.5) is 0 Å². The number of rotatable bonds is 6. The Kier molecular flexibility index (Phi) is 6.04. The van der Waals surface area contributed by atoms with Crippen molar-refractivity contribution in [2.24, 2.45) is 5.92 Å². The number of piperidine rings is 1. The van der Waals surface area contributed by atoms with Crippen molar-refractivity contribution in [3.8, 4) is 0 Å². The molecule has 1 aliphatic heterocycles. The number of hydrogen-bond donors (Lipinski definition) is 1. The highest BCUT2D eigenvalue weighted by molar-refractivity contribution is 7.87. The van der Waals surface area contributed by atoms with Gasteiger partial charge in [0.15, 0.2) is 0 Å². The zero-order chi connectivity index (χ0) is 13.6. The minimum Gasteiger partial charge on any atom is -0.466 e. The molecule has 0 saturated carbocycles. The highest BCUT2D eigenvalue weighted by Gasteiger charge is 2.31. The van der Waals surface area contributed by atoms with Crippen LogP contribution in [0.3, 0.4) is 0 Å². The van der Waals surface area contributed by atoms with Crippen LogP contribution in [-0.4, -0.2) is 44.9 Å².